The maximum absolute atomic E-state index is 15.5. The Morgan fingerprint density at radius 2 is 1.88 bits per heavy atom. The number of nitrogen functional groups attached to an aromatic ring is 1. The Kier molecular flexibility index (Phi) is 7.80. The number of nitrogens with zero attached hydrogens (tertiary/aromatic N) is 6. The minimum Gasteiger partial charge on any atom is -0.488 e. The minimum atomic E-state index is -0.923. The van der Waals surface area contributed by atoms with Crippen LogP contribution in [0.1, 0.15) is 49.9 Å². The molecule has 50 heavy (non-hydrogen) atoms. The van der Waals surface area contributed by atoms with Crippen molar-refractivity contribution in [1.29, 1.82) is 0 Å². The van der Waals surface area contributed by atoms with Crippen LogP contribution in [0.5, 0.6) is 5.75 Å². The molecule has 4 aromatic heterocycles. The summed E-state index contributed by atoms with van der Waals surface area (Å²) < 4.78 is 24.9. The molecule has 0 aliphatic heterocycles. The molecule has 0 saturated carbocycles. The lowest BCUT2D eigenvalue weighted by atomic mass is 10.0. The van der Waals surface area contributed by atoms with Gasteiger partial charge in [-0.05, 0) is 84.1 Å². The summed E-state index contributed by atoms with van der Waals surface area (Å²) in [5.74, 6) is 0.0683. The Balaban J connectivity index is 1.09. The number of halogens is 1. The number of fused-ring (bicyclic) bond motifs is 2. The minimum absolute atomic E-state index is 0.0716. The zero-order chi connectivity index (χ0) is 34.2. The maximum atomic E-state index is 15.5. The normalized spacial score (nSPS) is 13.7. The van der Waals surface area contributed by atoms with E-state index in [9.17, 15) is 9.59 Å². The SMILES string of the molecule is Nc1ncccc1-c1nc2ccc(-n3cccn3)nc2n1-c1ccc2c(c1)CC[C@@H]2NC(=O)c1ccc(OCc2ccccc2)c(C=O)c1F. The standard InChI is InChI=1S/C38H29FN8O3/c39-34-27(12-15-32(29(34)21-48)50-22-23-6-2-1-3-7-23)38(49)44-30-13-9-24-20-25(10-11-26(24)30)47-36(28-8-4-17-41-35(28)40)43-31-14-16-33(45-37(31)47)46-19-5-18-42-46/h1-8,10-12,14-21,30H,9,13,22H2,(H2,40,41)(H,44,49)/t30-/m0/s1. The zero-order valence-electron chi connectivity index (χ0n) is 26.5. The predicted octanol–water partition coefficient (Wildman–Crippen LogP) is 6.20. The Morgan fingerprint density at radius 3 is 2.68 bits per heavy atom. The van der Waals surface area contributed by atoms with Crippen LogP contribution in [0.15, 0.2) is 110 Å². The third-order valence-electron chi connectivity index (χ3n) is 8.82. The van der Waals surface area contributed by atoms with Crippen molar-refractivity contribution in [3.63, 3.8) is 0 Å². The molecule has 8 rings (SSSR count). The molecular formula is C38H29FN8O3. The van der Waals surface area contributed by atoms with Gasteiger partial charge in [0.1, 0.15) is 29.5 Å². The predicted molar refractivity (Wildman–Crippen MR) is 185 cm³/mol. The van der Waals surface area contributed by atoms with Crippen LogP contribution in [0.4, 0.5) is 10.2 Å². The van der Waals surface area contributed by atoms with Crippen molar-refractivity contribution in [3.05, 3.63) is 143 Å². The van der Waals surface area contributed by atoms with E-state index in [2.05, 4.69) is 15.4 Å². The molecule has 3 N–H and O–H groups in total. The van der Waals surface area contributed by atoms with Gasteiger partial charge in [0.2, 0.25) is 0 Å². The molecule has 1 aliphatic carbocycles. The first kappa shape index (κ1) is 30.6. The molecule has 0 radical (unpaired) electrons. The van der Waals surface area contributed by atoms with Gasteiger partial charge in [-0.15, -0.1) is 0 Å². The van der Waals surface area contributed by atoms with Crippen molar-refractivity contribution in [2.75, 3.05) is 5.73 Å². The molecule has 246 valence electrons. The van der Waals surface area contributed by atoms with Crippen LogP contribution in [-0.4, -0.2) is 41.5 Å². The number of hydrogen-bond acceptors (Lipinski definition) is 8. The number of hydrogen-bond donors (Lipinski definition) is 2. The fourth-order valence-corrected chi connectivity index (χ4v) is 6.36. The second-order valence-corrected chi connectivity index (χ2v) is 11.8. The van der Waals surface area contributed by atoms with Crippen LogP contribution in [-0.2, 0) is 13.0 Å². The maximum Gasteiger partial charge on any atom is 0.254 e. The third kappa shape index (κ3) is 5.52. The molecule has 3 aromatic carbocycles. The van der Waals surface area contributed by atoms with Gasteiger partial charge < -0.3 is 15.8 Å². The summed E-state index contributed by atoms with van der Waals surface area (Å²) >= 11 is 0. The first-order chi connectivity index (χ1) is 24.5. The van der Waals surface area contributed by atoms with Gasteiger partial charge in [-0.2, -0.15) is 5.10 Å². The summed E-state index contributed by atoms with van der Waals surface area (Å²) in [6.45, 7) is 0.154. The fourth-order valence-electron chi connectivity index (χ4n) is 6.36. The molecule has 1 amide bonds. The Bertz CT molecular complexity index is 2390. The van der Waals surface area contributed by atoms with E-state index in [1.807, 2.05) is 83.6 Å². The Labute approximate surface area is 285 Å². The number of pyridine rings is 2. The van der Waals surface area contributed by atoms with E-state index in [1.54, 1.807) is 23.1 Å². The van der Waals surface area contributed by atoms with E-state index in [0.29, 0.717) is 53.3 Å². The second-order valence-electron chi connectivity index (χ2n) is 11.8. The topological polar surface area (TPSA) is 143 Å². The quantitative estimate of drug-likeness (QED) is 0.174. The van der Waals surface area contributed by atoms with Gasteiger partial charge >= 0.3 is 0 Å². The summed E-state index contributed by atoms with van der Waals surface area (Å²) in [6.07, 6.45) is 6.79. The number of benzene rings is 3. The van der Waals surface area contributed by atoms with E-state index < -0.39 is 11.7 Å². The van der Waals surface area contributed by atoms with Crippen LogP contribution in [0.3, 0.4) is 0 Å². The molecule has 0 saturated heterocycles. The van der Waals surface area contributed by atoms with Crippen LogP contribution >= 0.6 is 0 Å². The lowest BCUT2D eigenvalue weighted by Crippen LogP contribution is -2.28. The van der Waals surface area contributed by atoms with Gasteiger partial charge in [0.15, 0.2) is 23.6 Å². The molecule has 0 spiro atoms. The number of aryl methyl sites for hydroxylation is 1. The number of carbonyl (C=O) groups is 2. The number of aromatic nitrogens is 6. The first-order valence-electron chi connectivity index (χ1n) is 16.0. The highest BCUT2D eigenvalue weighted by Gasteiger charge is 2.28. The first-order valence-corrected chi connectivity index (χ1v) is 16.0. The van der Waals surface area contributed by atoms with Gasteiger partial charge in [0.25, 0.3) is 5.91 Å². The number of nitrogens with one attached hydrogen (secondary N) is 1. The number of amides is 1. The van der Waals surface area contributed by atoms with Gasteiger partial charge in [-0.3, -0.25) is 14.2 Å². The molecule has 0 fully saturated rings. The molecule has 11 nitrogen and oxygen atoms in total. The van der Waals surface area contributed by atoms with Crippen molar-refractivity contribution >= 4 is 29.2 Å². The van der Waals surface area contributed by atoms with Crippen molar-refractivity contribution in [2.45, 2.75) is 25.5 Å². The van der Waals surface area contributed by atoms with Gasteiger partial charge in [-0.1, -0.05) is 36.4 Å². The molecule has 7 aromatic rings. The summed E-state index contributed by atoms with van der Waals surface area (Å²) in [7, 11) is 0. The number of nitrogens with two attached hydrogens (primary N) is 1. The van der Waals surface area contributed by atoms with E-state index in [-0.39, 0.29) is 29.5 Å². The lowest BCUT2D eigenvalue weighted by molar-refractivity contribution is 0.0932. The number of imidazole rings is 1. The van der Waals surface area contributed by atoms with Crippen LogP contribution in [0.2, 0.25) is 0 Å². The number of rotatable bonds is 9. The van der Waals surface area contributed by atoms with E-state index >= 15 is 4.39 Å². The molecule has 1 atom stereocenters. The fraction of sp³-hybridized carbons (Fsp3) is 0.105. The summed E-state index contributed by atoms with van der Waals surface area (Å²) in [6, 6.07) is 26.9. The lowest BCUT2D eigenvalue weighted by Gasteiger charge is -2.17. The number of anilines is 1. The van der Waals surface area contributed by atoms with Crippen LogP contribution in [0.25, 0.3) is 34.1 Å². The van der Waals surface area contributed by atoms with Crippen molar-refractivity contribution in [2.24, 2.45) is 0 Å². The van der Waals surface area contributed by atoms with Crippen LogP contribution in [0, 0.1) is 5.82 Å². The molecule has 12 heteroatoms. The molecular weight excluding hydrogens is 635 g/mol. The van der Waals surface area contributed by atoms with E-state index in [0.717, 1.165) is 22.4 Å². The zero-order valence-corrected chi connectivity index (χ0v) is 26.5. The van der Waals surface area contributed by atoms with E-state index in [1.165, 1.54) is 12.1 Å². The molecule has 1 aliphatic rings. The third-order valence-corrected chi connectivity index (χ3v) is 8.82. The van der Waals surface area contributed by atoms with Gasteiger partial charge in [-0.25, -0.2) is 24.0 Å². The van der Waals surface area contributed by atoms with Crippen molar-refractivity contribution in [3.8, 4) is 28.6 Å². The van der Waals surface area contributed by atoms with E-state index in [4.69, 9.17) is 20.4 Å². The highest BCUT2D eigenvalue weighted by atomic mass is 19.1. The Hall–Kier alpha value is -6.69. The average Bonchev–Trinajstić information content (AvgIpc) is 3.90. The molecule has 0 bridgehead atoms. The Morgan fingerprint density at radius 1 is 1.00 bits per heavy atom. The average molecular weight is 665 g/mol. The monoisotopic (exact) mass is 664 g/mol. The highest BCUT2D eigenvalue weighted by molar-refractivity contribution is 5.97. The summed E-state index contributed by atoms with van der Waals surface area (Å²) in [5.41, 5.74) is 11.3. The van der Waals surface area contributed by atoms with Crippen molar-refractivity contribution < 1.29 is 18.7 Å². The smallest absolute Gasteiger partial charge is 0.254 e. The summed E-state index contributed by atoms with van der Waals surface area (Å²) in [4.78, 5) is 39.4. The van der Waals surface area contributed by atoms with Gasteiger partial charge in [0.05, 0.1) is 22.7 Å². The number of aldehydes is 1. The highest BCUT2D eigenvalue weighted by Crippen LogP contribution is 2.36. The number of carbonyl (C=O) groups excluding carboxylic acids is 2. The van der Waals surface area contributed by atoms with Crippen molar-refractivity contribution in [1.82, 2.24) is 34.6 Å². The van der Waals surface area contributed by atoms with Crippen LogP contribution < -0.4 is 15.8 Å². The van der Waals surface area contributed by atoms with Gasteiger partial charge in [0, 0.05) is 24.3 Å². The number of ether oxygens (including phenoxy) is 1. The largest absolute Gasteiger partial charge is 0.488 e. The molecule has 0 unspecified atom stereocenters. The molecule has 4 heterocycles. The second kappa shape index (κ2) is 12.7. The summed E-state index contributed by atoms with van der Waals surface area (Å²) in [5, 5.41) is 7.30.